The first-order valence-corrected chi connectivity index (χ1v) is 7.70. The standard InChI is InChI=1S/C17H26N2O2/c1-12(11-18-3)17(20)19(13(2)14-5-6-14)15-7-9-16(21-4)10-8-15/h7-10,12-14,18H,5-6,11H2,1-4H3. The van der Waals surface area contributed by atoms with Crippen LogP contribution in [0.25, 0.3) is 0 Å². The van der Waals surface area contributed by atoms with Gasteiger partial charge in [0.2, 0.25) is 5.91 Å². The molecular formula is C17H26N2O2. The minimum absolute atomic E-state index is 0.0294. The summed E-state index contributed by atoms with van der Waals surface area (Å²) in [4.78, 5) is 14.8. The molecule has 1 aliphatic rings. The number of carbonyl (C=O) groups excluding carboxylic acids is 1. The normalized spacial score (nSPS) is 17.1. The Bertz CT molecular complexity index is 468. The zero-order valence-corrected chi connectivity index (χ0v) is 13.4. The Labute approximate surface area is 127 Å². The third kappa shape index (κ3) is 3.76. The van der Waals surface area contributed by atoms with Crippen molar-refractivity contribution in [3.8, 4) is 5.75 Å². The van der Waals surface area contributed by atoms with Gasteiger partial charge in [-0.1, -0.05) is 6.92 Å². The van der Waals surface area contributed by atoms with Crippen LogP contribution in [0.15, 0.2) is 24.3 Å². The fraction of sp³-hybridized carbons (Fsp3) is 0.588. The molecule has 0 bridgehead atoms. The Hall–Kier alpha value is -1.55. The molecule has 1 N–H and O–H groups in total. The van der Waals surface area contributed by atoms with Crippen LogP contribution in [0.3, 0.4) is 0 Å². The first-order chi connectivity index (χ1) is 10.1. The zero-order chi connectivity index (χ0) is 15.4. The molecule has 1 aliphatic carbocycles. The molecule has 4 heteroatoms. The maximum atomic E-state index is 12.8. The largest absolute Gasteiger partial charge is 0.497 e. The van der Waals surface area contributed by atoms with Gasteiger partial charge in [-0.3, -0.25) is 4.79 Å². The maximum absolute atomic E-state index is 12.8. The minimum atomic E-state index is -0.0294. The number of carbonyl (C=O) groups is 1. The molecule has 21 heavy (non-hydrogen) atoms. The number of hydrogen-bond donors (Lipinski definition) is 1. The number of amides is 1. The molecule has 116 valence electrons. The van der Waals surface area contributed by atoms with Crippen LogP contribution in [0.2, 0.25) is 0 Å². The molecule has 2 rings (SSSR count). The molecule has 1 amide bonds. The van der Waals surface area contributed by atoms with E-state index in [1.807, 2.05) is 43.1 Å². The highest BCUT2D eigenvalue weighted by atomic mass is 16.5. The van der Waals surface area contributed by atoms with Crippen molar-refractivity contribution >= 4 is 11.6 Å². The molecule has 2 atom stereocenters. The number of nitrogens with one attached hydrogen (secondary N) is 1. The number of methoxy groups -OCH3 is 1. The molecule has 2 unspecified atom stereocenters. The molecule has 0 aromatic heterocycles. The van der Waals surface area contributed by atoms with Gasteiger partial charge in [-0.25, -0.2) is 0 Å². The number of anilines is 1. The van der Waals surface area contributed by atoms with E-state index in [1.54, 1.807) is 7.11 Å². The van der Waals surface area contributed by atoms with E-state index in [1.165, 1.54) is 12.8 Å². The summed E-state index contributed by atoms with van der Waals surface area (Å²) in [6, 6.07) is 8.03. The van der Waals surface area contributed by atoms with Gasteiger partial charge in [-0.15, -0.1) is 0 Å². The Balaban J connectivity index is 2.23. The van der Waals surface area contributed by atoms with Crippen molar-refractivity contribution in [3.63, 3.8) is 0 Å². The van der Waals surface area contributed by atoms with Gasteiger partial charge in [0.15, 0.2) is 0 Å². The van der Waals surface area contributed by atoms with E-state index in [-0.39, 0.29) is 17.9 Å². The lowest BCUT2D eigenvalue weighted by Gasteiger charge is -2.32. The smallest absolute Gasteiger partial charge is 0.231 e. The quantitative estimate of drug-likeness (QED) is 0.839. The van der Waals surface area contributed by atoms with Crippen molar-refractivity contribution in [1.29, 1.82) is 0 Å². The molecule has 0 aliphatic heterocycles. The number of benzene rings is 1. The number of hydrogen-bond acceptors (Lipinski definition) is 3. The van der Waals surface area contributed by atoms with Crippen molar-refractivity contribution in [3.05, 3.63) is 24.3 Å². The van der Waals surface area contributed by atoms with Crippen LogP contribution >= 0.6 is 0 Å². The Morgan fingerprint density at radius 2 is 1.95 bits per heavy atom. The van der Waals surface area contributed by atoms with Gasteiger partial charge >= 0.3 is 0 Å². The summed E-state index contributed by atoms with van der Waals surface area (Å²) < 4.78 is 5.20. The number of nitrogens with zero attached hydrogens (tertiary/aromatic N) is 1. The molecule has 0 heterocycles. The van der Waals surface area contributed by atoms with Crippen molar-refractivity contribution in [1.82, 2.24) is 5.32 Å². The second-order valence-corrected chi connectivity index (χ2v) is 5.94. The van der Waals surface area contributed by atoms with E-state index in [0.29, 0.717) is 12.5 Å². The molecule has 1 aromatic carbocycles. The summed E-state index contributed by atoms with van der Waals surface area (Å²) in [6.45, 7) is 4.84. The first kappa shape index (κ1) is 15.8. The summed E-state index contributed by atoms with van der Waals surface area (Å²) in [7, 11) is 3.53. The van der Waals surface area contributed by atoms with Crippen molar-refractivity contribution in [2.45, 2.75) is 32.7 Å². The third-order valence-corrected chi connectivity index (χ3v) is 4.23. The Morgan fingerprint density at radius 3 is 2.43 bits per heavy atom. The van der Waals surface area contributed by atoms with Gasteiger partial charge in [-0.2, -0.15) is 0 Å². The second-order valence-electron chi connectivity index (χ2n) is 5.94. The van der Waals surface area contributed by atoms with E-state index in [9.17, 15) is 4.79 Å². The summed E-state index contributed by atoms with van der Waals surface area (Å²) in [6.07, 6.45) is 2.45. The average molecular weight is 290 g/mol. The molecular weight excluding hydrogens is 264 g/mol. The molecule has 1 saturated carbocycles. The predicted molar refractivity (Wildman–Crippen MR) is 85.8 cm³/mol. The number of rotatable bonds is 7. The van der Waals surface area contributed by atoms with Gasteiger partial charge in [0, 0.05) is 24.2 Å². The van der Waals surface area contributed by atoms with Gasteiger partial charge in [-0.05, 0) is 57.0 Å². The van der Waals surface area contributed by atoms with Crippen LogP contribution in [0, 0.1) is 11.8 Å². The van der Waals surface area contributed by atoms with Gasteiger partial charge in [0.05, 0.1) is 7.11 Å². The fourth-order valence-electron chi connectivity index (χ4n) is 2.73. The third-order valence-electron chi connectivity index (χ3n) is 4.23. The molecule has 1 aromatic rings. The molecule has 0 spiro atoms. The van der Waals surface area contributed by atoms with Gasteiger partial charge in [0.1, 0.15) is 5.75 Å². The molecule has 4 nitrogen and oxygen atoms in total. The van der Waals surface area contributed by atoms with Crippen molar-refractivity contribution in [2.75, 3.05) is 25.6 Å². The summed E-state index contributed by atoms with van der Waals surface area (Å²) in [5.74, 6) is 1.61. The fourth-order valence-corrected chi connectivity index (χ4v) is 2.73. The van der Waals surface area contributed by atoms with Crippen LogP contribution in [-0.4, -0.2) is 32.7 Å². The monoisotopic (exact) mass is 290 g/mol. The SMILES string of the molecule is CNCC(C)C(=O)N(c1ccc(OC)cc1)C(C)C1CC1. The highest BCUT2D eigenvalue weighted by Gasteiger charge is 2.36. The van der Waals surface area contributed by atoms with Crippen molar-refractivity contribution < 1.29 is 9.53 Å². The van der Waals surface area contributed by atoms with Crippen molar-refractivity contribution in [2.24, 2.45) is 11.8 Å². The van der Waals surface area contributed by atoms with Gasteiger partial charge < -0.3 is 15.0 Å². The Kier molecular flexibility index (Phi) is 5.23. The first-order valence-electron chi connectivity index (χ1n) is 7.70. The van der Waals surface area contributed by atoms with Gasteiger partial charge in [0.25, 0.3) is 0 Å². The highest BCUT2D eigenvalue weighted by molar-refractivity contribution is 5.95. The minimum Gasteiger partial charge on any atom is -0.497 e. The van der Waals surface area contributed by atoms with Crippen LogP contribution in [0.1, 0.15) is 26.7 Å². The van der Waals surface area contributed by atoms with Crippen LogP contribution in [0.5, 0.6) is 5.75 Å². The van der Waals surface area contributed by atoms with E-state index in [2.05, 4.69) is 12.2 Å². The summed E-state index contributed by atoms with van der Waals surface area (Å²) in [5.41, 5.74) is 0.961. The van der Waals surface area contributed by atoms with Crippen LogP contribution in [0.4, 0.5) is 5.69 Å². The molecule has 0 saturated heterocycles. The lowest BCUT2D eigenvalue weighted by atomic mass is 10.1. The summed E-state index contributed by atoms with van der Waals surface area (Å²) >= 11 is 0. The zero-order valence-electron chi connectivity index (χ0n) is 13.4. The Morgan fingerprint density at radius 1 is 1.33 bits per heavy atom. The predicted octanol–water partition coefficient (Wildman–Crippen LogP) is 2.68. The lowest BCUT2D eigenvalue weighted by Crippen LogP contribution is -2.45. The molecule has 1 fully saturated rings. The number of ether oxygens (including phenoxy) is 1. The summed E-state index contributed by atoms with van der Waals surface area (Å²) in [5, 5.41) is 3.09. The molecule has 0 radical (unpaired) electrons. The van der Waals surface area contributed by atoms with E-state index < -0.39 is 0 Å². The average Bonchev–Trinajstić information content (AvgIpc) is 3.33. The highest BCUT2D eigenvalue weighted by Crippen LogP contribution is 2.37. The van der Waals surface area contributed by atoms with E-state index in [4.69, 9.17) is 4.74 Å². The van der Waals surface area contributed by atoms with E-state index >= 15 is 0 Å². The topological polar surface area (TPSA) is 41.6 Å². The van der Waals surface area contributed by atoms with E-state index in [0.717, 1.165) is 11.4 Å². The van der Waals surface area contributed by atoms with Crippen LogP contribution in [-0.2, 0) is 4.79 Å². The maximum Gasteiger partial charge on any atom is 0.231 e. The lowest BCUT2D eigenvalue weighted by molar-refractivity contribution is -0.122. The van der Waals surface area contributed by atoms with Crippen LogP contribution < -0.4 is 15.0 Å². The second kappa shape index (κ2) is 6.94.